The van der Waals surface area contributed by atoms with Crippen LogP contribution in [0.4, 0.5) is 22.7 Å². The molecule has 3 aliphatic heterocycles. The number of fused-ring (bicyclic) bond motifs is 9. The van der Waals surface area contributed by atoms with E-state index in [4.69, 9.17) is 0 Å². The molecule has 3 aliphatic carbocycles. The Labute approximate surface area is 374 Å². The smallest absolute Gasteiger partial charge is 0.248 e. The molecule has 1 fully saturated rings. The van der Waals surface area contributed by atoms with Crippen molar-refractivity contribution in [1.82, 2.24) is 0 Å². The minimum atomic E-state index is -0.218. The maximum absolute atomic E-state index is 2.93. The molecule has 2 atom stereocenters. The third-order valence-electron chi connectivity index (χ3n) is 17.8. The minimum absolute atomic E-state index is 0.0116. The highest BCUT2D eigenvalue weighted by Gasteiger charge is 2.63. The van der Waals surface area contributed by atoms with Gasteiger partial charge in [0, 0.05) is 44.8 Å². The topological polar surface area (TPSA) is 6.48 Å². The van der Waals surface area contributed by atoms with Crippen molar-refractivity contribution in [3.63, 3.8) is 0 Å². The molecule has 6 aliphatic rings. The van der Waals surface area contributed by atoms with Gasteiger partial charge in [-0.3, -0.25) is 0 Å². The van der Waals surface area contributed by atoms with E-state index >= 15 is 0 Å². The first-order chi connectivity index (χ1) is 29.0. The molecule has 62 heavy (non-hydrogen) atoms. The van der Waals surface area contributed by atoms with Gasteiger partial charge in [-0.1, -0.05) is 169 Å². The Morgan fingerprint density at radius 2 is 1.16 bits per heavy atom. The Hall–Kier alpha value is -4.50. The van der Waals surface area contributed by atoms with Crippen LogP contribution in [-0.2, 0) is 32.5 Å². The number of hydrogen-bond acceptors (Lipinski definition) is 2. The van der Waals surface area contributed by atoms with Crippen LogP contribution in [0.3, 0.4) is 0 Å². The second-order valence-electron chi connectivity index (χ2n) is 24.8. The minimum Gasteiger partial charge on any atom is -0.335 e. The van der Waals surface area contributed by atoms with Crippen molar-refractivity contribution < 1.29 is 0 Å². The van der Waals surface area contributed by atoms with Crippen molar-refractivity contribution in [1.29, 1.82) is 0 Å². The van der Waals surface area contributed by atoms with Crippen LogP contribution in [0.15, 0.2) is 96.5 Å². The Morgan fingerprint density at radius 1 is 0.548 bits per heavy atom. The van der Waals surface area contributed by atoms with E-state index in [-0.39, 0.29) is 44.7 Å². The number of allylic oxidation sites excluding steroid dienone is 1. The molecule has 0 radical (unpaired) electrons. The highest BCUT2D eigenvalue weighted by molar-refractivity contribution is 6.96. The summed E-state index contributed by atoms with van der Waals surface area (Å²) in [4.78, 5) is 5.68. The van der Waals surface area contributed by atoms with E-state index in [1.807, 2.05) is 0 Å². The zero-order valence-corrected chi connectivity index (χ0v) is 40.4. The van der Waals surface area contributed by atoms with E-state index < -0.39 is 0 Å². The quantitative estimate of drug-likeness (QED) is 0.164. The molecule has 2 nitrogen and oxygen atoms in total. The summed E-state index contributed by atoms with van der Waals surface area (Å²) in [5.74, 6) is 0. The lowest BCUT2D eigenvalue weighted by molar-refractivity contribution is 0.195. The third-order valence-corrected chi connectivity index (χ3v) is 17.8. The predicted octanol–water partition coefficient (Wildman–Crippen LogP) is 14.4. The molecule has 0 spiro atoms. The second kappa shape index (κ2) is 12.4. The molecule has 0 N–H and O–H groups in total. The van der Waals surface area contributed by atoms with Gasteiger partial charge in [-0.2, -0.15) is 0 Å². The lowest BCUT2D eigenvalue weighted by atomic mass is 9.30. The molecular formula is C59H69BN2. The molecule has 3 heterocycles. The van der Waals surface area contributed by atoms with Crippen LogP contribution in [0.5, 0.6) is 0 Å². The molecule has 0 aromatic heterocycles. The van der Waals surface area contributed by atoms with Gasteiger partial charge in [-0.25, -0.2) is 0 Å². The number of hydrogen-bond donors (Lipinski definition) is 0. The van der Waals surface area contributed by atoms with Crippen molar-refractivity contribution in [2.24, 2.45) is 0 Å². The summed E-state index contributed by atoms with van der Waals surface area (Å²) in [5, 5.41) is 0. The Balaban J connectivity index is 1.31. The maximum atomic E-state index is 2.93. The molecule has 5 aromatic rings. The van der Waals surface area contributed by atoms with E-state index in [1.165, 1.54) is 111 Å². The van der Waals surface area contributed by atoms with Crippen molar-refractivity contribution >= 4 is 46.1 Å². The molecule has 5 aromatic carbocycles. The highest BCUT2D eigenvalue weighted by Crippen LogP contribution is 2.65. The van der Waals surface area contributed by atoms with E-state index in [2.05, 4.69) is 198 Å². The first-order valence-corrected chi connectivity index (χ1v) is 24.1. The summed E-state index contributed by atoms with van der Waals surface area (Å²) < 4.78 is 0. The summed E-state index contributed by atoms with van der Waals surface area (Å²) in [7, 11) is 0. The molecule has 0 saturated heterocycles. The molecule has 2 unspecified atom stereocenters. The van der Waals surface area contributed by atoms with E-state index in [0.29, 0.717) is 0 Å². The molecule has 0 amide bonds. The number of rotatable bonds is 2. The van der Waals surface area contributed by atoms with E-state index in [9.17, 15) is 0 Å². The zero-order chi connectivity index (χ0) is 43.9. The van der Waals surface area contributed by atoms with Crippen molar-refractivity contribution in [3.8, 4) is 11.1 Å². The average molecular weight is 817 g/mol. The van der Waals surface area contributed by atoms with Crippen molar-refractivity contribution in [2.45, 2.75) is 173 Å². The molecule has 3 heteroatoms. The van der Waals surface area contributed by atoms with Crippen molar-refractivity contribution in [2.75, 3.05) is 9.80 Å². The summed E-state index contributed by atoms with van der Waals surface area (Å²) in [6.07, 6.45) is 7.38. The van der Waals surface area contributed by atoms with Gasteiger partial charge in [-0.05, 0) is 140 Å². The lowest BCUT2D eigenvalue weighted by Gasteiger charge is -2.53. The zero-order valence-electron chi connectivity index (χ0n) is 40.4. The molecule has 318 valence electrons. The third kappa shape index (κ3) is 5.17. The number of nitrogens with zero attached hydrogens (tertiary/aromatic N) is 2. The van der Waals surface area contributed by atoms with Gasteiger partial charge in [0.05, 0.1) is 5.54 Å². The molecular weight excluding hydrogens is 747 g/mol. The number of anilines is 4. The lowest BCUT2D eigenvalue weighted by Crippen LogP contribution is -2.62. The molecule has 11 rings (SSSR count). The largest absolute Gasteiger partial charge is 0.335 e. The Bertz CT molecular complexity index is 2770. The van der Waals surface area contributed by atoms with E-state index in [1.54, 1.807) is 22.2 Å². The van der Waals surface area contributed by atoms with Gasteiger partial charge in [0.15, 0.2) is 0 Å². The fourth-order valence-electron chi connectivity index (χ4n) is 13.6. The summed E-state index contributed by atoms with van der Waals surface area (Å²) in [6.45, 7) is 34.8. The van der Waals surface area contributed by atoms with Crippen LogP contribution < -0.4 is 20.7 Å². The van der Waals surface area contributed by atoms with Crippen LogP contribution in [0, 0.1) is 0 Å². The van der Waals surface area contributed by atoms with Gasteiger partial charge in [0.2, 0.25) is 6.71 Å². The molecule has 1 saturated carbocycles. The van der Waals surface area contributed by atoms with Crippen molar-refractivity contribution in [3.05, 3.63) is 135 Å². The van der Waals surface area contributed by atoms with Crippen LogP contribution in [0.25, 0.3) is 16.8 Å². The van der Waals surface area contributed by atoms with Crippen LogP contribution in [0.1, 0.15) is 174 Å². The molecule has 0 bridgehead atoms. The fourth-order valence-corrected chi connectivity index (χ4v) is 13.6. The normalized spacial score (nSPS) is 24.6. The first-order valence-electron chi connectivity index (χ1n) is 24.1. The SMILES string of the molecule is CC(C)(C)c1ccc(N2C3=C(B4c5cc(C(C)(C)C)cc6c5N(c5cc(-c7ccccc7)cc2c54)C2(C)CCCCC62C)C(C)(C)c2cc4c(cc23)C(C)(C)CCC4(C)C)cc1. The Morgan fingerprint density at radius 3 is 1.81 bits per heavy atom. The fraction of sp³-hybridized carbons (Fsp3) is 0.458. The standard InChI is InChI=1S/C59H69BN2/c1-53(2,3)38-22-24-40(25-23-38)61-47-30-37(36-20-16-15-17-21-36)31-48-49(47)60(46-33-39(54(4,5)6)32-45-51(46)62(48)59(14)27-19-18-26-58(45,59)13)52-50(61)41-34-43-44(35-42(41)57(52,11)12)56(9,10)29-28-55(43,7)8/h15-17,20-25,30-35H,18-19,26-29H2,1-14H3. The second-order valence-corrected chi connectivity index (χ2v) is 24.8. The predicted molar refractivity (Wildman–Crippen MR) is 267 cm³/mol. The van der Waals surface area contributed by atoms with Gasteiger partial charge in [0.1, 0.15) is 0 Å². The van der Waals surface area contributed by atoms with Gasteiger partial charge in [0.25, 0.3) is 0 Å². The monoisotopic (exact) mass is 817 g/mol. The summed E-state index contributed by atoms with van der Waals surface area (Å²) in [5.41, 5.74) is 24.7. The van der Waals surface area contributed by atoms with Gasteiger partial charge in [-0.15, -0.1) is 0 Å². The van der Waals surface area contributed by atoms with Gasteiger partial charge >= 0.3 is 0 Å². The van der Waals surface area contributed by atoms with Crippen LogP contribution >= 0.6 is 0 Å². The summed E-state index contributed by atoms with van der Waals surface area (Å²) in [6, 6.07) is 36.9. The summed E-state index contributed by atoms with van der Waals surface area (Å²) >= 11 is 0. The maximum Gasteiger partial charge on any atom is 0.248 e. The van der Waals surface area contributed by atoms with Crippen LogP contribution in [-0.4, -0.2) is 12.3 Å². The number of benzene rings is 5. The highest BCUT2D eigenvalue weighted by atomic mass is 15.3. The average Bonchev–Trinajstić information content (AvgIpc) is 3.57. The van der Waals surface area contributed by atoms with Gasteiger partial charge < -0.3 is 9.80 Å². The van der Waals surface area contributed by atoms with E-state index in [0.717, 1.165) is 0 Å². The first kappa shape index (κ1) is 40.3. The van der Waals surface area contributed by atoms with Crippen LogP contribution in [0.2, 0.25) is 0 Å². The Kier molecular flexibility index (Phi) is 8.06.